The Labute approximate surface area is 173 Å². The monoisotopic (exact) mass is 484 g/mol. The van der Waals surface area contributed by atoms with Gasteiger partial charge in [-0.25, -0.2) is 14.4 Å². The molecule has 0 bridgehead atoms. The number of hydrogen-bond donors (Lipinski definition) is 3. The largest absolute Gasteiger partial charge is 0.368 e. The van der Waals surface area contributed by atoms with E-state index in [1.54, 1.807) is 36.1 Å². The van der Waals surface area contributed by atoms with Crippen molar-refractivity contribution < 1.29 is 4.39 Å². The third-order valence-electron chi connectivity index (χ3n) is 3.87. The third kappa shape index (κ3) is 5.25. The summed E-state index contributed by atoms with van der Waals surface area (Å²) in [4.78, 5) is 12.6. The molecule has 1 aromatic carbocycles. The fourth-order valence-electron chi connectivity index (χ4n) is 2.51. The van der Waals surface area contributed by atoms with Gasteiger partial charge in [-0.2, -0.15) is 5.10 Å². The Morgan fingerprint density at radius 1 is 1.19 bits per heavy atom. The van der Waals surface area contributed by atoms with Crippen molar-refractivity contribution in [3.63, 3.8) is 0 Å². The Morgan fingerprint density at radius 2 is 2.00 bits per heavy atom. The topological polar surface area (TPSA) is 92.1 Å². The number of nitrogens with zero attached hydrogens (tertiary/aromatic N) is 5. The van der Waals surface area contributed by atoms with Gasteiger partial charge in [0.2, 0.25) is 0 Å². The summed E-state index contributed by atoms with van der Waals surface area (Å²) in [7, 11) is 3.51. The molecular formula is C17H22FIN8. The minimum atomic E-state index is -0.235. The highest BCUT2D eigenvalue weighted by atomic mass is 127. The van der Waals surface area contributed by atoms with Crippen molar-refractivity contribution in [2.24, 2.45) is 12.0 Å². The van der Waals surface area contributed by atoms with E-state index in [1.165, 1.54) is 12.4 Å². The van der Waals surface area contributed by atoms with E-state index in [0.29, 0.717) is 31.2 Å². The molecule has 3 aromatic rings. The number of aliphatic imine (C=N–C) groups is 1. The fraction of sp³-hybridized carbons (Fsp3) is 0.294. The van der Waals surface area contributed by atoms with Crippen molar-refractivity contribution >= 4 is 46.8 Å². The second-order valence-corrected chi connectivity index (χ2v) is 5.60. The van der Waals surface area contributed by atoms with Gasteiger partial charge in [0, 0.05) is 39.3 Å². The molecule has 144 valence electrons. The van der Waals surface area contributed by atoms with Crippen LogP contribution in [0.25, 0.3) is 11.0 Å². The SMILES string of the molecule is CN=C(NCCNc1ncnc2c1cnn2C)NCc1ccccc1F.I. The van der Waals surface area contributed by atoms with Crippen LogP contribution in [0.1, 0.15) is 5.56 Å². The fourth-order valence-corrected chi connectivity index (χ4v) is 2.51. The van der Waals surface area contributed by atoms with Crippen LogP contribution in [-0.2, 0) is 13.6 Å². The van der Waals surface area contributed by atoms with Gasteiger partial charge < -0.3 is 16.0 Å². The molecule has 0 amide bonds. The summed E-state index contributed by atoms with van der Waals surface area (Å²) in [5.74, 6) is 1.10. The molecule has 0 aliphatic rings. The second-order valence-electron chi connectivity index (χ2n) is 5.60. The summed E-state index contributed by atoms with van der Waals surface area (Å²) in [5, 5.41) is 14.6. The van der Waals surface area contributed by atoms with Gasteiger partial charge in [0.1, 0.15) is 18.0 Å². The molecule has 2 aromatic heterocycles. The highest BCUT2D eigenvalue weighted by Gasteiger charge is 2.07. The van der Waals surface area contributed by atoms with Gasteiger partial charge in [-0.15, -0.1) is 24.0 Å². The number of guanidine groups is 1. The van der Waals surface area contributed by atoms with Gasteiger partial charge in [0.05, 0.1) is 11.6 Å². The van der Waals surface area contributed by atoms with E-state index in [1.807, 2.05) is 7.05 Å². The normalized spacial score (nSPS) is 11.1. The molecule has 0 aliphatic carbocycles. The summed E-state index contributed by atoms with van der Waals surface area (Å²) < 4.78 is 15.3. The van der Waals surface area contributed by atoms with Crippen LogP contribution in [0, 0.1) is 5.82 Å². The summed E-state index contributed by atoms with van der Waals surface area (Å²) in [5.41, 5.74) is 1.37. The molecule has 10 heteroatoms. The van der Waals surface area contributed by atoms with Gasteiger partial charge >= 0.3 is 0 Å². The van der Waals surface area contributed by atoms with E-state index in [0.717, 1.165) is 16.9 Å². The highest BCUT2D eigenvalue weighted by Crippen LogP contribution is 2.17. The Balaban J connectivity index is 0.00000261. The molecule has 8 nitrogen and oxygen atoms in total. The Kier molecular flexibility index (Phi) is 7.70. The average Bonchev–Trinajstić information content (AvgIpc) is 3.04. The molecule has 0 saturated heterocycles. The first-order valence-electron chi connectivity index (χ1n) is 8.23. The van der Waals surface area contributed by atoms with Crippen LogP contribution in [0.4, 0.5) is 10.2 Å². The Morgan fingerprint density at radius 3 is 2.78 bits per heavy atom. The predicted octanol–water partition coefficient (Wildman–Crippen LogP) is 1.90. The van der Waals surface area contributed by atoms with Crippen molar-refractivity contribution in [3.05, 3.63) is 48.2 Å². The van der Waals surface area contributed by atoms with E-state index >= 15 is 0 Å². The number of halogens is 2. The van der Waals surface area contributed by atoms with Crippen LogP contribution >= 0.6 is 24.0 Å². The van der Waals surface area contributed by atoms with Crippen LogP contribution < -0.4 is 16.0 Å². The number of aryl methyl sites for hydroxylation is 1. The number of rotatable bonds is 6. The van der Waals surface area contributed by atoms with E-state index < -0.39 is 0 Å². The van der Waals surface area contributed by atoms with Crippen molar-refractivity contribution in [2.75, 3.05) is 25.5 Å². The van der Waals surface area contributed by atoms with Crippen LogP contribution in [-0.4, -0.2) is 45.8 Å². The number of benzene rings is 1. The summed E-state index contributed by atoms with van der Waals surface area (Å²) in [6, 6.07) is 6.66. The van der Waals surface area contributed by atoms with Gasteiger partial charge in [-0.1, -0.05) is 18.2 Å². The minimum absolute atomic E-state index is 0. The number of nitrogens with one attached hydrogen (secondary N) is 3. The zero-order chi connectivity index (χ0) is 18.4. The maximum Gasteiger partial charge on any atom is 0.191 e. The lowest BCUT2D eigenvalue weighted by atomic mass is 10.2. The number of hydrogen-bond acceptors (Lipinski definition) is 5. The Hall–Kier alpha value is -2.50. The molecule has 3 rings (SSSR count). The van der Waals surface area contributed by atoms with Crippen LogP contribution in [0.3, 0.4) is 0 Å². The van der Waals surface area contributed by atoms with Gasteiger partial charge in [0.15, 0.2) is 11.6 Å². The summed E-state index contributed by atoms with van der Waals surface area (Å²) in [6.45, 7) is 1.60. The lowest BCUT2D eigenvalue weighted by Gasteiger charge is -2.13. The first kappa shape index (κ1) is 20.8. The average molecular weight is 484 g/mol. The molecule has 0 unspecified atom stereocenters. The first-order chi connectivity index (χ1) is 12.7. The maximum atomic E-state index is 13.6. The number of fused-ring (bicyclic) bond motifs is 1. The lowest BCUT2D eigenvalue weighted by Crippen LogP contribution is -2.39. The van der Waals surface area contributed by atoms with Crippen molar-refractivity contribution in [1.29, 1.82) is 0 Å². The van der Waals surface area contributed by atoms with Crippen molar-refractivity contribution in [2.45, 2.75) is 6.54 Å². The van der Waals surface area contributed by atoms with E-state index in [4.69, 9.17) is 0 Å². The van der Waals surface area contributed by atoms with Crippen molar-refractivity contribution in [1.82, 2.24) is 30.4 Å². The minimum Gasteiger partial charge on any atom is -0.368 e. The molecule has 0 spiro atoms. The summed E-state index contributed by atoms with van der Waals surface area (Å²) >= 11 is 0. The highest BCUT2D eigenvalue weighted by molar-refractivity contribution is 14.0. The molecule has 0 aliphatic heterocycles. The van der Waals surface area contributed by atoms with E-state index in [9.17, 15) is 4.39 Å². The standard InChI is InChI=1S/C17H21FN8.HI/c1-19-17(22-9-12-5-3-4-6-14(12)18)21-8-7-20-15-13-10-25-26(2)16(13)24-11-23-15;/h3-6,10-11H,7-9H2,1-2H3,(H2,19,21,22)(H,20,23,24);1H. The number of aromatic nitrogens is 4. The predicted molar refractivity (Wildman–Crippen MR) is 115 cm³/mol. The Bertz CT molecular complexity index is 911. The molecule has 27 heavy (non-hydrogen) atoms. The molecule has 0 atom stereocenters. The maximum absolute atomic E-state index is 13.6. The molecule has 2 heterocycles. The smallest absolute Gasteiger partial charge is 0.191 e. The number of anilines is 1. The zero-order valence-corrected chi connectivity index (χ0v) is 17.4. The van der Waals surface area contributed by atoms with E-state index in [2.05, 4.69) is 36.0 Å². The first-order valence-corrected chi connectivity index (χ1v) is 8.23. The third-order valence-corrected chi connectivity index (χ3v) is 3.87. The second kappa shape index (κ2) is 10.00. The van der Waals surface area contributed by atoms with Crippen LogP contribution in [0.2, 0.25) is 0 Å². The van der Waals surface area contributed by atoms with E-state index in [-0.39, 0.29) is 29.8 Å². The van der Waals surface area contributed by atoms with Gasteiger partial charge in [-0.05, 0) is 6.07 Å². The quantitative estimate of drug-likeness (QED) is 0.214. The lowest BCUT2D eigenvalue weighted by molar-refractivity contribution is 0.605. The molecule has 0 fully saturated rings. The van der Waals surface area contributed by atoms with Crippen LogP contribution in [0.15, 0.2) is 41.8 Å². The van der Waals surface area contributed by atoms with Crippen LogP contribution in [0.5, 0.6) is 0 Å². The molecule has 3 N–H and O–H groups in total. The molecule has 0 saturated carbocycles. The molecular weight excluding hydrogens is 462 g/mol. The molecule has 0 radical (unpaired) electrons. The van der Waals surface area contributed by atoms with Crippen molar-refractivity contribution in [3.8, 4) is 0 Å². The van der Waals surface area contributed by atoms with Gasteiger partial charge in [0.25, 0.3) is 0 Å². The van der Waals surface area contributed by atoms with Gasteiger partial charge in [-0.3, -0.25) is 9.67 Å². The zero-order valence-electron chi connectivity index (χ0n) is 15.1. The summed E-state index contributed by atoms with van der Waals surface area (Å²) in [6.07, 6.45) is 3.24.